The number of hydrogen-bond donors (Lipinski definition) is 1. The van der Waals surface area contributed by atoms with E-state index in [1.165, 1.54) is 19.3 Å². The zero-order valence-electron chi connectivity index (χ0n) is 12.7. The SMILES string of the molecule is COc1cccc(/C=N/n2c(C3CCCCC3)n[nH]c2=S)c1. The molecule has 0 atom stereocenters. The van der Waals surface area contributed by atoms with Gasteiger partial charge >= 0.3 is 0 Å². The summed E-state index contributed by atoms with van der Waals surface area (Å²) in [5, 5.41) is 11.8. The van der Waals surface area contributed by atoms with Crippen LogP contribution >= 0.6 is 12.2 Å². The molecule has 1 N–H and O–H groups in total. The number of nitrogens with one attached hydrogen (secondary N) is 1. The largest absolute Gasteiger partial charge is 0.497 e. The van der Waals surface area contributed by atoms with Gasteiger partial charge in [-0.3, -0.25) is 5.10 Å². The molecular weight excluding hydrogens is 296 g/mol. The third kappa shape index (κ3) is 3.27. The van der Waals surface area contributed by atoms with Crippen molar-refractivity contribution in [2.45, 2.75) is 38.0 Å². The molecule has 22 heavy (non-hydrogen) atoms. The number of methoxy groups -OCH3 is 1. The van der Waals surface area contributed by atoms with Gasteiger partial charge in [-0.05, 0) is 42.8 Å². The van der Waals surface area contributed by atoms with Crippen molar-refractivity contribution in [2.75, 3.05) is 7.11 Å². The van der Waals surface area contributed by atoms with Crippen LogP contribution in [0.5, 0.6) is 5.75 Å². The molecule has 1 aliphatic carbocycles. The molecule has 1 aromatic heterocycles. The van der Waals surface area contributed by atoms with E-state index in [-0.39, 0.29) is 0 Å². The number of H-pyrrole nitrogens is 1. The van der Waals surface area contributed by atoms with Crippen LogP contribution in [0.2, 0.25) is 0 Å². The minimum atomic E-state index is 0.448. The summed E-state index contributed by atoms with van der Waals surface area (Å²) in [5.41, 5.74) is 0.969. The molecule has 0 saturated heterocycles. The first kappa shape index (κ1) is 15.0. The Bertz CT molecular complexity index is 713. The van der Waals surface area contributed by atoms with E-state index >= 15 is 0 Å². The second kappa shape index (κ2) is 6.87. The quantitative estimate of drug-likeness (QED) is 0.688. The number of hydrogen-bond acceptors (Lipinski definition) is 4. The summed E-state index contributed by atoms with van der Waals surface area (Å²) in [6, 6.07) is 7.77. The van der Waals surface area contributed by atoms with Crippen LogP contribution < -0.4 is 4.74 Å². The highest BCUT2D eigenvalue weighted by Gasteiger charge is 2.21. The number of ether oxygens (including phenoxy) is 1. The van der Waals surface area contributed by atoms with Gasteiger partial charge in [0.15, 0.2) is 5.82 Å². The van der Waals surface area contributed by atoms with E-state index < -0.39 is 0 Å². The maximum atomic E-state index is 5.31. The van der Waals surface area contributed by atoms with Crippen molar-refractivity contribution in [3.63, 3.8) is 0 Å². The first-order valence-corrected chi connectivity index (χ1v) is 8.04. The first-order valence-electron chi connectivity index (χ1n) is 7.63. The Morgan fingerprint density at radius 1 is 1.36 bits per heavy atom. The molecule has 1 aromatic carbocycles. The summed E-state index contributed by atoms with van der Waals surface area (Å²) in [4.78, 5) is 0. The molecule has 0 unspecified atom stereocenters. The van der Waals surface area contributed by atoms with E-state index in [9.17, 15) is 0 Å². The molecule has 2 aromatic rings. The number of nitrogens with zero attached hydrogens (tertiary/aromatic N) is 3. The zero-order valence-corrected chi connectivity index (χ0v) is 13.5. The van der Waals surface area contributed by atoms with Crippen molar-refractivity contribution < 1.29 is 4.74 Å². The fourth-order valence-corrected chi connectivity index (χ4v) is 3.07. The Labute approximate surface area is 135 Å². The summed E-state index contributed by atoms with van der Waals surface area (Å²) in [6.45, 7) is 0. The van der Waals surface area contributed by atoms with Gasteiger partial charge in [0.1, 0.15) is 5.75 Å². The lowest BCUT2D eigenvalue weighted by molar-refractivity contribution is 0.414. The average Bonchev–Trinajstić information content (AvgIpc) is 2.95. The van der Waals surface area contributed by atoms with Gasteiger partial charge in [0.05, 0.1) is 13.3 Å². The van der Waals surface area contributed by atoms with Crippen molar-refractivity contribution in [1.29, 1.82) is 0 Å². The predicted molar refractivity (Wildman–Crippen MR) is 89.2 cm³/mol. The van der Waals surface area contributed by atoms with Gasteiger partial charge in [0.25, 0.3) is 0 Å². The molecule has 116 valence electrons. The number of benzene rings is 1. The Morgan fingerprint density at radius 2 is 2.18 bits per heavy atom. The summed E-state index contributed by atoms with van der Waals surface area (Å²) in [5.74, 6) is 2.21. The first-order chi connectivity index (χ1) is 10.8. The fourth-order valence-electron chi connectivity index (χ4n) is 2.89. The van der Waals surface area contributed by atoms with Gasteiger partial charge < -0.3 is 4.74 Å². The molecule has 1 saturated carbocycles. The van der Waals surface area contributed by atoms with Gasteiger partial charge in [0.2, 0.25) is 4.77 Å². The van der Waals surface area contributed by atoms with E-state index in [2.05, 4.69) is 15.3 Å². The fraction of sp³-hybridized carbons (Fsp3) is 0.438. The second-order valence-corrected chi connectivity index (χ2v) is 5.94. The van der Waals surface area contributed by atoms with Gasteiger partial charge in [-0.15, -0.1) is 0 Å². The van der Waals surface area contributed by atoms with Crippen LogP contribution in [0.15, 0.2) is 29.4 Å². The molecular formula is C16H20N4OS. The molecule has 1 heterocycles. The van der Waals surface area contributed by atoms with Crippen molar-refractivity contribution in [3.05, 3.63) is 40.4 Å². The standard InChI is InChI=1S/C16H20N4OS/c1-21-14-9-5-6-12(10-14)11-17-20-15(18-19-16(20)22)13-7-3-2-4-8-13/h5-6,9-11,13H,2-4,7-8H2,1H3,(H,19,22)/b17-11+. The lowest BCUT2D eigenvalue weighted by atomic mass is 9.89. The zero-order chi connectivity index (χ0) is 15.4. The maximum Gasteiger partial charge on any atom is 0.216 e. The molecule has 0 radical (unpaired) electrons. The molecule has 6 heteroatoms. The van der Waals surface area contributed by atoms with Crippen LogP contribution in [-0.4, -0.2) is 28.2 Å². The Morgan fingerprint density at radius 3 is 2.95 bits per heavy atom. The Kier molecular flexibility index (Phi) is 4.68. The third-order valence-corrected chi connectivity index (χ3v) is 4.33. The Balaban J connectivity index is 1.86. The monoisotopic (exact) mass is 316 g/mol. The third-order valence-electron chi connectivity index (χ3n) is 4.06. The van der Waals surface area contributed by atoms with Crippen molar-refractivity contribution >= 4 is 18.4 Å². The van der Waals surface area contributed by atoms with Crippen molar-refractivity contribution in [2.24, 2.45) is 5.10 Å². The second-order valence-electron chi connectivity index (χ2n) is 5.55. The summed E-state index contributed by atoms with van der Waals surface area (Å²) in [6.07, 6.45) is 7.94. The van der Waals surface area contributed by atoms with Gasteiger partial charge in [0, 0.05) is 5.92 Å². The van der Waals surface area contributed by atoms with Crippen LogP contribution in [0, 0.1) is 4.77 Å². The van der Waals surface area contributed by atoms with E-state index in [0.717, 1.165) is 30.0 Å². The van der Waals surface area contributed by atoms with E-state index in [1.54, 1.807) is 18.0 Å². The average molecular weight is 316 g/mol. The highest BCUT2D eigenvalue weighted by atomic mass is 32.1. The van der Waals surface area contributed by atoms with Crippen LogP contribution in [0.3, 0.4) is 0 Å². The number of aromatic nitrogens is 3. The molecule has 0 bridgehead atoms. The minimum absolute atomic E-state index is 0.448. The maximum absolute atomic E-state index is 5.31. The van der Waals surface area contributed by atoms with E-state index in [1.807, 2.05) is 24.3 Å². The van der Waals surface area contributed by atoms with E-state index in [4.69, 9.17) is 17.0 Å². The summed E-state index contributed by atoms with van der Waals surface area (Å²) in [7, 11) is 1.66. The lowest BCUT2D eigenvalue weighted by Crippen LogP contribution is -2.10. The van der Waals surface area contributed by atoms with Gasteiger partial charge in [-0.25, -0.2) is 0 Å². The topological polar surface area (TPSA) is 55.2 Å². The predicted octanol–water partition coefficient (Wildman–Crippen LogP) is 3.88. The highest BCUT2D eigenvalue weighted by Crippen LogP contribution is 2.31. The lowest BCUT2D eigenvalue weighted by Gasteiger charge is -2.19. The molecule has 1 aliphatic rings. The minimum Gasteiger partial charge on any atom is -0.497 e. The smallest absolute Gasteiger partial charge is 0.216 e. The number of aromatic amines is 1. The van der Waals surface area contributed by atoms with Crippen molar-refractivity contribution in [1.82, 2.24) is 14.9 Å². The summed E-state index contributed by atoms with van der Waals surface area (Å²) < 4.78 is 7.52. The molecule has 3 rings (SSSR count). The van der Waals surface area contributed by atoms with Crippen LogP contribution in [0.1, 0.15) is 49.4 Å². The van der Waals surface area contributed by atoms with Crippen molar-refractivity contribution in [3.8, 4) is 5.75 Å². The molecule has 0 amide bonds. The van der Waals surface area contributed by atoms with Crippen LogP contribution in [-0.2, 0) is 0 Å². The highest BCUT2D eigenvalue weighted by molar-refractivity contribution is 7.71. The van der Waals surface area contributed by atoms with Gasteiger partial charge in [-0.2, -0.15) is 14.9 Å². The molecule has 5 nitrogen and oxygen atoms in total. The summed E-state index contributed by atoms with van der Waals surface area (Å²) >= 11 is 5.31. The normalized spacial score (nSPS) is 16.2. The van der Waals surface area contributed by atoms with Gasteiger partial charge in [-0.1, -0.05) is 31.4 Å². The van der Waals surface area contributed by atoms with Crippen LogP contribution in [0.4, 0.5) is 0 Å². The van der Waals surface area contributed by atoms with Crippen LogP contribution in [0.25, 0.3) is 0 Å². The molecule has 0 aliphatic heterocycles. The molecule has 0 spiro atoms. The van der Waals surface area contributed by atoms with E-state index in [0.29, 0.717) is 10.7 Å². The Hall–Kier alpha value is -1.95. The number of rotatable bonds is 4. The molecule has 1 fully saturated rings.